The lowest BCUT2D eigenvalue weighted by Crippen LogP contribution is -2.26. The molecule has 1 aromatic heterocycles. The number of nitrogens with one attached hydrogen (secondary N) is 1. The van der Waals surface area contributed by atoms with Crippen LogP contribution in [0.3, 0.4) is 0 Å². The van der Waals surface area contributed by atoms with Gasteiger partial charge in [0.05, 0.1) is 6.61 Å². The summed E-state index contributed by atoms with van der Waals surface area (Å²) in [6, 6.07) is 0.319. The molecule has 1 N–H and O–H groups in total. The molecule has 2 heterocycles. The Morgan fingerprint density at radius 2 is 2.33 bits per heavy atom. The van der Waals surface area contributed by atoms with Gasteiger partial charge in [-0.3, -0.25) is 4.68 Å². The van der Waals surface area contributed by atoms with E-state index in [1.54, 1.807) is 0 Å². The molecule has 5 nitrogen and oxygen atoms in total. The maximum Gasteiger partial charge on any atom is 0.359 e. The Morgan fingerprint density at radius 1 is 1.56 bits per heavy atom. The van der Waals surface area contributed by atoms with Crippen molar-refractivity contribution in [2.45, 2.75) is 46.2 Å². The summed E-state index contributed by atoms with van der Waals surface area (Å²) < 4.78 is 7.08. The number of rotatable bonds is 4. The SMILES string of the molecule is CCOC(=O)c1nn([C@H](C)CC)c2c1CNCC2. The average Bonchev–Trinajstić information content (AvgIpc) is 2.78. The van der Waals surface area contributed by atoms with E-state index in [1.165, 1.54) is 5.69 Å². The molecule has 5 heteroatoms. The summed E-state index contributed by atoms with van der Waals surface area (Å²) in [5, 5.41) is 7.77. The van der Waals surface area contributed by atoms with E-state index in [0.29, 0.717) is 24.9 Å². The maximum atomic E-state index is 11.9. The van der Waals surface area contributed by atoms with Crippen LogP contribution in [0.15, 0.2) is 0 Å². The molecular weight excluding hydrogens is 230 g/mol. The monoisotopic (exact) mass is 251 g/mol. The van der Waals surface area contributed by atoms with Gasteiger partial charge in [-0.05, 0) is 20.3 Å². The summed E-state index contributed by atoms with van der Waals surface area (Å²) in [5.41, 5.74) is 2.69. The lowest BCUT2D eigenvalue weighted by molar-refractivity contribution is 0.0516. The minimum atomic E-state index is -0.306. The third-order valence-electron chi connectivity index (χ3n) is 3.44. The van der Waals surface area contributed by atoms with Crippen molar-refractivity contribution in [3.05, 3.63) is 17.0 Å². The van der Waals surface area contributed by atoms with Crippen molar-refractivity contribution in [1.82, 2.24) is 15.1 Å². The van der Waals surface area contributed by atoms with E-state index in [2.05, 4.69) is 24.3 Å². The van der Waals surface area contributed by atoms with Crippen LogP contribution < -0.4 is 5.32 Å². The van der Waals surface area contributed by atoms with Crippen molar-refractivity contribution < 1.29 is 9.53 Å². The van der Waals surface area contributed by atoms with Crippen LogP contribution in [0.25, 0.3) is 0 Å². The standard InChI is InChI=1S/C13H21N3O2/c1-4-9(3)16-11-6-7-14-8-10(11)12(15-16)13(17)18-5-2/h9,14H,4-8H2,1-3H3/t9-/m1/s1. The zero-order valence-electron chi connectivity index (χ0n) is 11.3. The van der Waals surface area contributed by atoms with E-state index >= 15 is 0 Å². The highest BCUT2D eigenvalue weighted by Crippen LogP contribution is 2.23. The Bertz CT molecular complexity index is 440. The molecule has 0 spiro atoms. The molecule has 0 saturated carbocycles. The largest absolute Gasteiger partial charge is 0.461 e. The van der Waals surface area contributed by atoms with E-state index < -0.39 is 0 Å². The highest BCUT2D eigenvalue weighted by molar-refractivity contribution is 5.89. The first-order valence-corrected chi connectivity index (χ1v) is 6.67. The number of fused-ring (bicyclic) bond motifs is 1. The summed E-state index contributed by atoms with van der Waals surface area (Å²) in [4.78, 5) is 11.9. The summed E-state index contributed by atoms with van der Waals surface area (Å²) in [5.74, 6) is -0.306. The van der Waals surface area contributed by atoms with Crippen LogP contribution in [0.1, 0.15) is 55.0 Å². The van der Waals surface area contributed by atoms with Gasteiger partial charge in [-0.25, -0.2) is 4.79 Å². The summed E-state index contributed by atoms with van der Waals surface area (Å²) in [7, 11) is 0. The van der Waals surface area contributed by atoms with E-state index in [4.69, 9.17) is 4.74 Å². The zero-order valence-corrected chi connectivity index (χ0v) is 11.3. The predicted molar refractivity (Wildman–Crippen MR) is 68.6 cm³/mol. The van der Waals surface area contributed by atoms with Crippen LogP contribution in [0.2, 0.25) is 0 Å². The minimum absolute atomic E-state index is 0.306. The third-order valence-corrected chi connectivity index (χ3v) is 3.44. The van der Waals surface area contributed by atoms with Crippen molar-refractivity contribution in [3.63, 3.8) is 0 Å². The Hall–Kier alpha value is -1.36. The van der Waals surface area contributed by atoms with Crippen molar-refractivity contribution in [2.24, 2.45) is 0 Å². The number of carbonyl (C=O) groups excluding carboxylic acids is 1. The van der Waals surface area contributed by atoms with Crippen molar-refractivity contribution in [1.29, 1.82) is 0 Å². The molecule has 0 fully saturated rings. The molecule has 1 aromatic rings. The molecule has 0 bridgehead atoms. The lowest BCUT2D eigenvalue weighted by Gasteiger charge is -2.18. The molecule has 1 aliphatic heterocycles. The molecule has 0 radical (unpaired) electrons. The van der Waals surface area contributed by atoms with E-state index in [-0.39, 0.29) is 5.97 Å². The van der Waals surface area contributed by atoms with Crippen LogP contribution in [-0.2, 0) is 17.7 Å². The molecule has 0 aromatic carbocycles. The van der Waals surface area contributed by atoms with Gasteiger partial charge in [0.25, 0.3) is 0 Å². The number of hydrogen-bond acceptors (Lipinski definition) is 4. The number of hydrogen-bond donors (Lipinski definition) is 1. The van der Waals surface area contributed by atoms with Gasteiger partial charge >= 0.3 is 5.97 Å². The molecule has 1 atom stereocenters. The number of carbonyl (C=O) groups is 1. The van der Waals surface area contributed by atoms with Gasteiger partial charge in [0, 0.05) is 36.8 Å². The lowest BCUT2D eigenvalue weighted by atomic mass is 10.1. The first kappa shape index (κ1) is 13.1. The first-order valence-electron chi connectivity index (χ1n) is 6.67. The summed E-state index contributed by atoms with van der Waals surface area (Å²) in [6.45, 7) is 8.11. The Labute approximate surface area is 108 Å². The van der Waals surface area contributed by atoms with Crippen molar-refractivity contribution in [2.75, 3.05) is 13.2 Å². The Balaban J connectivity index is 2.41. The van der Waals surface area contributed by atoms with E-state index in [9.17, 15) is 4.79 Å². The Morgan fingerprint density at radius 3 is 3.00 bits per heavy atom. The van der Waals surface area contributed by atoms with Gasteiger partial charge in [-0.1, -0.05) is 6.92 Å². The minimum Gasteiger partial charge on any atom is -0.461 e. The van der Waals surface area contributed by atoms with Gasteiger partial charge in [0.15, 0.2) is 5.69 Å². The molecule has 100 valence electrons. The fraction of sp³-hybridized carbons (Fsp3) is 0.692. The first-order chi connectivity index (χ1) is 8.69. The molecule has 0 amide bonds. The molecule has 2 rings (SSSR count). The van der Waals surface area contributed by atoms with Gasteiger partial charge in [-0.15, -0.1) is 0 Å². The normalized spacial score (nSPS) is 16.2. The maximum absolute atomic E-state index is 11.9. The van der Waals surface area contributed by atoms with Crippen LogP contribution in [0, 0.1) is 0 Å². The number of aromatic nitrogens is 2. The van der Waals surface area contributed by atoms with Crippen LogP contribution in [0.5, 0.6) is 0 Å². The average molecular weight is 251 g/mol. The van der Waals surface area contributed by atoms with Gasteiger partial charge < -0.3 is 10.1 Å². The number of esters is 1. The molecule has 0 unspecified atom stereocenters. The van der Waals surface area contributed by atoms with Gasteiger partial charge in [-0.2, -0.15) is 5.10 Å². The van der Waals surface area contributed by atoms with E-state index in [0.717, 1.165) is 24.9 Å². The summed E-state index contributed by atoms with van der Waals surface area (Å²) in [6.07, 6.45) is 1.93. The highest BCUT2D eigenvalue weighted by atomic mass is 16.5. The second-order valence-electron chi connectivity index (χ2n) is 4.62. The molecule has 1 aliphatic rings. The quantitative estimate of drug-likeness (QED) is 0.827. The fourth-order valence-corrected chi connectivity index (χ4v) is 2.28. The second kappa shape index (κ2) is 5.52. The number of nitrogens with zero attached hydrogens (tertiary/aromatic N) is 2. The van der Waals surface area contributed by atoms with Gasteiger partial charge in [0.1, 0.15) is 0 Å². The number of ether oxygens (including phenoxy) is 1. The molecule has 18 heavy (non-hydrogen) atoms. The Kier molecular flexibility index (Phi) is 4.01. The van der Waals surface area contributed by atoms with Crippen LogP contribution in [-0.4, -0.2) is 28.9 Å². The predicted octanol–water partition coefficient (Wildman–Crippen LogP) is 1.68. The zero-order chi connectivity index (χ0) is 13.1. The summed E-state index contributed by atoms with van der Waals surface area (Å²) >= 11 is 0. The molecular formula is C13H21N3O2. The van der Waals surface area contributed by atoms with Crippen LogP contribution >= 0.6 is 0 Å². The second-order valence-corrected chi connectivity index (χ2v) is 4.62. The smallest absolute Gasteiger partial charge is 0.359 e. The van der Waals surface area contributed by atoms with Crippen molar-refractivity contribution >= 4 is 5.97 Å². The topological polar surface area (TPSA) is 56.1 Å². The fourth-order valence-electron chi connectivity index (χ4n) is 2.28. The molecule has 0 aliphatic carbocycles. The van der Waals surface area contributed by atoms with Crippen LogP contribution in [0.4, 0.5) is 0 Å². The van der Waals surface area contributed by atoms with Crippen molar-refractivity contribution in [3.8, 4) is 0 Å². The molecule has 0 saturated heterocycles. The highest BCUT2D eigenvalue weighted by Gasteiger charge is 2.26. The third kappa shape index (κ3) is 2.27. The van der Waals surface area contributed by atoms with E-state index in [1.807, 2.05) is 11.6 Å². The van der Waals surface area contributed by atoms with Gasteiger partial charge in [0.2, 0.25) is 0 Å².